The third-order valence-corrected chi connectivity index (χ3v) is 5.27. The molecule has 0 fully saturated rings. The highest BCUT2D eigenvalue weighted by Gasteiger charge is 2.30. The Morgan fingerprint density at radius 3 is 2.43 bits per heavy atom. The van der Waals surface area contributed by atoms with Crippen molar-refractivity contribution in [2.45, 2.75) is 51.0 Å². The summed E-state index contributed by atoms with van der Waals surface area (Å²) < 4.78 is 5.25. The predicted octanol–water partition coefficient (Wildman–Crippen LogP) is 5.45. The molecule has 3 rings (SSSR count). The number of hydrogen-bond acceptors (Lipinski definition) is 3. The van der Waals surface area contributed by atoms with Gasteiger partial charge in [0.1, 0.15) is 11.6 Å². The first-order valence-corrected chi connectivity index (χ1v) is 10.2. The largest absolute Gasteiger partial charge is 0.497 e. The number of nitrogens with zero attached hydrogens (tertiary/aromatic N) is 1. The molecular weight excluding hydrogens is 346 g/mol. The Morgan fingerprint density at radius 1 is 1.00 bits per heavy atom. The quantitative estimate of drug-likeness (QED) is 0.462. The first kappa shape index (κ1) is 20.2. The second-order valence-electron chi connectivity index (χ2n) is 7.49. The minimum atomic E-state index is -0.500. The van der Waals surface area contributed by atoms with Crippen LogP contribution in [0.25, 0.3) is 11.3 Å². The molecule has 2 aromatic carbocycles. The Morgan fingerprint density at radius 2 is 1.75 bits per heavy atom. The molecule has 0 spiro atoms. The molecule has 0 bridgehead atoms. The van der Waals surface area contributed by atoms with E-state index in [4.69, 9.17) is 15.5 Å². The summed E-state index contributed by atoms with van der Waals surface area (Å²) in [5.41, 5.74) is 9.66. The maximum absolute atomic E-state index is 6.96. The molecule has 1 atom stereocenters. The van der Waals surface area contributed by atoms with E-state index in [2.05, 4.69) is 36.2 Å². The van der Waals surface area contributed by atoms with Gasteiger partial charge in [-0.05, 0) is 42.7 Å². The Balaban J connectivity index is 1.83. The van der Waals surface area contributed by atoms with Crippen LogP contribution in [-0.4, -0.2) is 17.1 Å². The van der Waals surface area contributed by atoms with E-state index in [0.29, 0.717) is 0 Å². The van der Waals surface area contributed by atoms with Crippen LogP contribution in [0.2, 0.25) is 0 Å². The summed E-state index contributed by atoms with van der Waals surface area (Å²) in [6.45, 7) is 2.23. The van der Waals surface area contributed by atoms with Gasteiger partial charge in [-0.25, -0.2) is 4.98 Å². The highest BCUT2D eigenvalue weighted by atomic mass is 16.5. The molecule has 28 heavy (non-hydrogen) atoms. The Hall–Kier alpha value is -2.59. The SMILES string of the molecule is CCCCCCC(N)(Cc1ccccc1)c1nc(-c2ccc(OC)cc2)c[nH]1. The summed E-state index contributed by atoms with van der Waals surface area (Å²) in [6, 6.07) is 18.4. The van der Waals surface area contributed by atoms with Crippen LogP contribution in [0.4, 0.5) is 0 Å². The fourth-order valence-electron chi connectivity index (χ4n) is 3.60. The van der Waals surface area contributed by atoms with Gasteiger partial charge in [0.15, 0.2) is 0 Å². The van der Waals surface area contributed by atoms with E-state index in [0.717, 1.165) is 42.1 Å². The molecule has 1 aromatic heterocycles. The second-order valence-corrected chi connectivity index (χ2v) is 7.49. The molecule has 0 amide bonds. The number of ether oxygens (including phenoxy) is 1. The average molecular weight is 378 g/mol. The number of H-pyrrole nitrogens is 1. The van der Waals surface area contributed by atoms with Crippen molar-refractivity contribution in [2.24, 2.45) is 5.73 Å². The molecule has 0 radical (unpaired) electrons. The minimum absolute atomic E-state index is 0.500. The molecule has 0 aliphatic rings. The number of nitrogens with two attached hydrogens (primary N) is 1. The fraction of sp³-hybridized carbons (Fsp3) is 0.375. The zero-order valence-electron chi connectivity index (χ0n) is 16.9. The maximum Gasteiger partial charge on any atom is 0.127 e. The van der Waals surface area contributed by atoms with Crippen molar-refractivity contribution in [2.75, 3.05) is 7.11 Å². The third-order valence-electron chi connectivity index (χ3n) is 5.27. The molecule has 1 heterocycles. The molecule has 4 nitrogen and oxygen atoms in total. The Labute approximate surface area is 168 Å². The van der Waals surface area contributed by atoms with Crippen molar-refractivity contribution in [3.63, 3.8) is 0 Å². The number of unbranched alkanes of at least 4 members (excludes halogenated alkanes) is 3. The van der Waals surface area contributed by atoms with Gasteiger partial charge in [-0.15, -0.1) is 0 Å². The summed E-state index contributed by atoms with van der Waals surface area (Å²) in [5, 5.41) is 0. The van der Waals surface area contributed by atoms with E-state index in [9.17, 15) is 0 Å². The van der Waals surface area contributed by atoms with Crippen molar-refractivity contribution < 1.29 is 4.74 Å². The van der Waals surface area contributed by atoms with Crippen LogP contribution in [0.15, 0.2) is 60.8 Å². The van der Waals surface area contributed by atoms with Gasteiger partial charge >= 0.3 is 0 Å². The number of imidazole rings is 1. The van der Waals surface area contributed by atoms with Crippen LogP contribution < -0.4 is 10.5 Å². The lowest BCUT2D eigenvalue weighted by Gasteiger charge is -2.28. The number of methoxy groups -OCH3 is 1. The molecule has 4 heteroatoms. The van der Waals surface area contributed by atoms with E-state index in [1.807, 2.05) is 36.5 Å². The molecule has 0 aliphatic carbocycles. The zero-order chi connectivity index (χ0) is 19.8. The first-order chi connectivity index (χ1) is 13.6. The van der Waals surface area contributed by atoms with E-state index < -0.39 is 5.54 Å². The van der Waals surface area contributed by atoms with E-state index in [-0.39, 0.29) is 0 Å². The number of rotatable bonds is 10. The van der Waals surface area contributed by atoms with Gasteiger partial charge in [0, 0.05) is 11.8 Å². The molecule has 0 saturated heterocycles. The first-order valence-electron chi connectivity index (χ1n) is 10.2. The van der Waals surface area contributed by atoms with Crippen LogP contribution >= 0.6 is 0 Å². The summed E-state index contributed by atoms with van der Waals surface area (Å²) in [4.78, 5) is 8.25. The second kappa shape index (κ2) is 9.56. The minimum Gasteiger partial charge on any atom is -0.497 e. The predicted molar refractivity (Wildman–Crippen MR) is 115 cm³/mol. The van der Waals surface area contributed by atoms with Crippen LogP contribution in [0.1, 0.15) is 50.4 Å². The van der Waals surface area contributed by atoms with Crippen molar-refractivity contribution in [1.82, 2.24) is 9.97 Å². The highest BCUT2D eigenvalue weighted by Crippen LogP contribution is 2.30. The highest BCUT2D eigenvalue weighted by molar-refractivity contribution is 5.59. The smallest absolute Gasteiger partial charge is 0.127 e. The van der Waals surface area contributed by atoms with Crippen LogP contribution in [0.3, 0.4) is 0 Å². The summed E-state index contributed by atoms with van der Waals surface area (Å²) in [7, 11) is 1.67. The van der Waals surface area contributed by atoms with Gasteiger partial charge in [0.25, 0.3) is 0 Å². The maximum atomic E-state index is 6.96. The van der Waals surface area contributed by atoms with Gasteiger partial charge in [-0.2, -0.15) is 0 Å². The lowest BCUT2D eigenvalue weighted by atomic mass is 9.85. The number of aromatic amines is 1. The number of hydrogen-bond donors (Lipinski definition) is 2. The Bertz CT molecular complexity index is 842. The van der Waals surface area contributed by atoms with Crippen LogP contribution in [0, 0.1) is 0 Å². The summed E-state index contributed by atoms with van der Waals surface area (Å²) >= 11 is 0. The molecule has 0 saturated carbocycles. The van der Waals surface area contributed by atoms with E-state index in [1.165, 1.54) is 24.8 Å². The molecule has 1 unspecified atom stereocenters. The topological polar surface area (TPSA) is 63.9 Å². The third kappa shape index (κ3) is 5.02. The molecule has 148 valence electrons. The fourth-order valence-corrected chi connectivity index (χ4v) is 3.60. The van der Waals surface area contributed by atoms with Crippen molar-refractivity contribution in [3.05, 3.63) is 72.2 Å². The number of nitrogens with one attached hydrogen (secondary N) is 1. The van der Waals surface area contributed by atoms with Crippen molar-refractivity contribution in [3.8, 4) is 17.0 Å². The van der Waals surface area contributed by atoms with E-state index in [1.54, 1.807) is 7.11 Å². The van der Waals surface area contributed by atoms with Gasteiger partial charge in [0.2, 0.25) is 0 Å². The number of benzene rings is 2. The van der Waals surface area contributed by atoms with Crippen molar-refractivity contribution >= 4 is 0 Å². The molecular formula is C24H31N3O. The normalized spacial score (nSPS) is 13.2. The van der Waals surface area contributed by atoms with Gasteiger partial charge in [0.05, 0.1) is 18.3 Å². The van der Waals surface area contributed by atoms with Crippen molar-refractivity contribution in [1.29, 1.82) is 0 Å². The number of aromatic nitrogens is 2. The zero-order valence-corrected chi connectivity index (χ0v) is 16.9. The van der Waals surface area contributed by atoms with Gasteiger partial charge in [-0.1, -0.05) is 62.9 Å². The monoisotopic (exact) mass is 377 g/mol. The lowest BCUT2D eigenvalue weighted by Crippen LogP contribution is -2.40. The van der Waals surface area contributed by atoms with Crippen LogP contribution in [-0.2, 0) is 12.0 Å². The summed E-state index contributed by atoms with van der Waals surface area (Å²) in [5.74, 6) is 1.70. The molecule has 3 aromatic rings. The van der Waals surface area contributed by atoms with Crippen LogP contribution in [0.5, 0.6) is 5.75 Å². The summed E-state index contributed by atoms with van der Waals surface area (Å²) in [6.07, 6.45) is 8.42. The average Bonchev–Trinajstić information content (AvgIpc) is 3.23. The lowest BCUT2D eigenvalue weighted by molar-refractivity contribution is 0.365. The van der Waals surface area contributed by atoms with Gasteiger partial charge < -0.3 is 15.5 Å². The standard InChI is InChI=1S/C24H31N3O/c1-3-4-5-9-16-24(25,17-19-10-7-6-8-11-19)23-26-18-22(27-23)20-12-14-21(28-2)15-13-20/h6-8,10-15,18H,3-5,9,16-17,25H2,1-2H3,(H,26,27). The molecule has 3 N–H and O–H groups in total. The van der Waals surface area contributed by atoms with E-state index >= 15 is 0 Å². The Kier molecular flexibility index (Phi) is 6.88. The molecule has 0 aliphatic heterocycles. The van der Waals surface area contributed by atoms with Gasteiger partial charge in [-0.3, -0.25) is 0 Å².